The number of guanidine groups is 1. The summed E-state index contributed by atoms with van der Waals surface area (Å²) in [6.07, 6.45) is 3.71. The quantitative estimate of drug-likeness (QED) is 0.353. The number of thiophene rings is 1. The van der Waals surface area contributed by atoms with Gasteiger partial charge in [-0.1, -0.05) is 24.3 Å². The first kappa shape index (κ1) is 21.4. The molecule has 2 unspecified atom stereocenters. The lowest BCUT2D eigenvalue weighted by Crippen LogP contribution is -2.45. The van der Waals surface area contributed by atoms with Crippen LogP contribution in [0.2, 0.25) is 0 Å². The van der Waals surface area contributed by atoms with Crippen LogP contribution in [-0.4, -0.2) is 50.2 Å². The molecule has 152 valence electrons. The van der Waals surface area contributed by atoms with Crippen molar-refractivity contribution in [1.82, 2.24) is 15.5 Å². The molecule has 0 bridgehead atoms. The smallest absolute Gasteiger partial charge is 0.191 e. The van der Waals surface area contributed by atoms with Crippen molar-refractivity contribution < 1.29 is 4.74 Å². The molecule has 5 nitrogen and oxygen atoms in total. The van der Waals surface area contributed by atoms with Crippen molar-refractivity contribution in [3.05, 3.63) is 52.2 Å². The van der Waals surface area contributed by atoms with Gasteiger partial charge in [-0.3, -0.25) is 9.89 Å². The molecule has 0 aliphatic carbocycles. The van der Waals surface area contributed by atoms with Crippen molar-refractivity contribution in [1.29, 1.82) is 0 Å². The molecule has 7 heteroatoms. The molecule has 2 aliphatic rings. The van der Waals surface area contributed by atoms with E-state index in [4.69, 9.17) is 4.74 Å². The van der Waals surface area contributed by atoms with Crippen molar-refractivity contribution in [3.8, 4) is 5.75 Å². The van der Waals surface area contributed by atoms with Gasteiger partial charge in [-0.15, -0.1) is 35.3 Å². The SMILES string of the molecule is CN=C(NCC1Cc2ccccc2O1)NCC(c1cccs1)N1CCCC1.I. The Morgan fingerprint density at radius 1 is 1.21 bits per heavy atom. The third-order valence-electron chi connectivity index (χ3n) is 5.35. The van der Waals surface area contributed by atoms with E-state index in [-0.39, 0.29) is 30.1 Å². The first-order valence-electron chi connectivity index (χ1n) is 9.80. The van der Waals surface area contributed by atoms with Gasteiger partial charge in [0.15, 0.2) is 5.96 Å². The second-order valence-electron chi connectivity index (χ2n) is 7.16. The van der Waals surface area contributed by atoms with Gasteiger partial charge < -0.3 is 15.4 Å². The molecule has 2 aromatic rings. The molecule has 2 atom stereocenters. The Bertz CT molecular complexity index is 737. The van der Waals surface area contributed by atoms with E-state index in [9.17, 15) is 0 Å². The molecule has 2 aliphatic heterocycles. The third-order valence-corrected chi connectivity index (χ3v) is 6.32. The van der Waals surface area contributed by atoms with Crippen LogP contribution in [0.3, 0.4) is 0 Å². The maximum absolute atomic E-state index is 6.02. The number of halogens is 1. The highest BCUT2D eigenvalue weighted by Gasteiger charge is 2.25. The standard InChI is InChI=1S/C21H28N4OS.HI/c1-22-21(23-14-17-13-16-7-2-3-8-19(16)26-17)24-15-18(20-9-6-12-27-20)25-10-4-5-11-25;/h2-3,6-9,12,17-18H,4-5,10-11,13-15H2,1H3,(H2,22,23,24);1H. The largest absolute Gasteiger partial charge is 0.488 e. The molecule has 1 aromatic heterocycles. The molecule has 1 saturated heterocycles. The van der Waals surface area contributed by atoms with Crippen molar-refractivity contribution >= 4 is 41.3 Å². The van der Waals surface area contributed by atoms with Crippen molar-refractivity contribution in [2.45, 2.75) is 31.4 Å². The monoisotopic (exact) mass is 512 g/mol. The number of ether oxygens (including phenoxy) is 1. The number of hydrogen-bond donors (Lipinski definition) is 2. The first-order valence-corrected chi connectivity index (χ1v) is 10.7. The van der Waals surface area contributed by atoms with Crippen molar-refractivity contribution in [2.75, 3.05) is 33.2 Å². The van der Waals surface area contributed by atoms with Crippen molar-refractivity contribution in [3.63, 3.8) is 0 Å². The van der Waals surface area contributed by atoms with Crippen LogP contribution in [0.15, 0.2) is 46.8 Å². The van der Waals surface area contributed by atoms with E-state index in [0.717, 1.165) is 31.2 Å². The van der Waals surface area contributed by atoms with Gasteiger partial charge in [0.1, 0.15) is 11.9 Å². The number of likely N-dealkylation sites (tertiary alicyclic amines) is 1. The van der Waals surface area contributed by atoms with Gasteiger partial charge >= 0.3 is 0 Å². The topological polar surface area (TPSA) is 48.9 Å². The minimum atomic E-state index is 0. The molecule has 2 N–H and O–H groups in total. The second-order valence-corrected chi connectivity index (χ2v) is 8.14. The zero-order valence-corrected chi connectivity index (χ0v) is 19.4. The maximum Gasteiger partial charge on any atom is 0.191 e. The summed E-state index contributed by atoms with van der Waals surface area (Å²) in [5.74, 6) is 1.86. The number of benzene rings is 1. The van der Waals surface area contributed by atoms with Gasteiger partial charge in [0, 0.05) is 24.9 Å². The summed E-state index contributed by atoms with van der Waals surface area (Å²) < 4.78 is 6.02. The fourth-order valence-electron chi connectivity index (χ4n) is 3.94. The van der Waals surface area contributed by atoms with E-state index in [1.807, 2.05) is 30.5 Å². The Morgan fingerprint density at radius 3 is 2.75 bits per heavy atom. The molecule has 1 aromatic carbocycles. The third kappa shape index (κ3) is 5.18. The van der Waals surface area contributed by atoms with Crippen LogP contribution in [0.25, 0.3) is 0 Å². The lowest BCUT2D eigenvalue weighted by atomic mass is 10.1. The number of hydrogen-bond acceptors (Lipinski definition) is 4. The van der Waals surface area contributed by atoms with E-state index in [0.29, 0.717) is 6.04 Å². The van der Waals surface area contributed by atoms with E-state index < -0.39 is 0 Å². The molecular weight excluding hydrogens is 483 g/mol. The second kappa shape index (κ2) is 10.5. The van der Waals surface area contributed by atoms with Gasteiger partial charge in [-0.2, -0.15) is 0 Å². The normalized spacial score (nSPS) is 20.2. The first-order chi connectivity index (χ1) is 13.3. The Labute approximate surface area is 188 Å². The Balaban J connectivity index is 0.00000225. The summed E-state index contributed by atoms with van der Waals surface area (Å²) in [5.41, 5.74) is 1.29. The van der Waals surface area contributed by atoms with E-state index >= 15 is 0 Å². The molecule has 0 spiro atoms. The van der Waals surface area contributed by atoms with Crippen LogP contribution in [-0.2, 0) is 6.42 Å². The molecule has 1 fully saturated rings. The van der Waals surface area contributed by atoms with E-state index in [2.05, 4.69) is 50.2 Å². The summed E-state index contributed by atoms with van der Waals surface area (Å²) in [4.78, 5) is 8.41. The number of nitrogens with zero attached hydrogens (tertiary/aromatic N) is 2. The van der Waals surface area contributed by atoms with Crippen LogP contribution >= 0.6 is 35.3 Å². The Kier molecular flexibility index (Phi) is 7.99. The van der Waals surface area contributed by atoms with Crippen LogP contribution in [0.4, 0.5) is 0 Å². The van der Waals surface area contributed by atoms with Crippen LogP contribution in [0.1, 0.15) is 29.3 Å². The van der Waals surface area contributed by atoms with Crippen LogP contribution in [0, 0.1) is 0 Å². The fourth-order valence-corrected chi connectivity index (χ4v) is 4.80. The summed E-state index contributed by atoms with van der Waals surface area (Å²) in [5, 5.41) is 9.13. The molecule has 0 saturated carbocycles. The lowest BCUT2D eigenvalue weighted by Gasteiger charge is -2.27. The van der Waals surface area contributed by atoms with Gasteiger partial charge in [0.2, 0.25) is 0 Å². The predicted octanol–water partition coefficient (Wildman–Crippen LogP) is 3.67. The highest BCUT2D eigenvalue weighted by atomic mass is 127. The summed E-state index contributed by atoms with van der Waals surface area (Å²) >= 11 is 1.84. The molecule has 0 amide bonds. The number of aliphatic imine (C=N–C) groups is 1. The lowest BCUT2D eigenvalue weighted by molar-refractivity contribution is 0.233. The number of rotatable bonds is 6. The Morgan fingerprint density at radius 2 is 2.04 bits per heavy atom. The number of para-hydroxylation sites is 1. The summed E-state index contributed by atoms with van der Waals surface area (Å²) in [6, 6.07) is 13.1. The molecule has 0 radical (unpaired) electrons. The molecule has 28 heavy (non-hydrogen) atoms. The predicted molar refractivity (Wildman–Crippen MR) is 127 cm³/mol. The molecule has 4 rings (SSSR count). The minimum absolute atomic E-state index is 0. The molecule has 3 heterocycles. The Hall–Kier alpha value is -1.32. The zero-order chi connectivity index (χ0) is 18.5. The van der Waals surface area contributed by atoms with Gasteiger partial charge in [-0.05, 0) is 49.0 Å². The fraction of sp³-hybridized carbons (Fsp3) is 0.476. The van der Waals surface area contributed by atoms with Gasteiger partial charge in [-0.25, -0.2) is 0 Å². The van der Waals surface area contributed by atoms with Gasteiger partial charge in [0.25, 0.3) is 0 Å². The van der Waals surface area contributed by atoms with E-state index in [1.165, 1.54) is 36.4 Å². The average molecular weight is 512 g/mol. The maximum atomic E-state index is 6.02. The number of fused-ring (bicyclic) bond motifs is 1. The van der Waals surface area contributed by atoms with Gasteiger partial charge in [0.05, 0.1) is 12.6 Å². The summed E-state index contributed by atoms with van der Waals surface area (Å²) in [7, 11) is 1.83. The zero-order valence-electron chi connectivity index (χ0n) is 16.3. The van der Waals surface area contributed by atoms with Crippen molar-refractivity contribution in [2.24, 2.45) is 4.99 Å². The highest BCUT2D eigenvalue weighted by molar-refractivity contribution is 14.0. The average Bonchev–Trinajstić information content (AvgIpc) is 3.46. The molecular formula is C21H29IN4OS. The van der Waals surface area contributed by atoms with Crippen LogP contribution < -0.4 is 15.4 Å². The van der Waals surface area contributed by atoms with E-state index in [1.54, 1.807) is 0 Å². The minimum Gasteiger partial charge on any atom is -0.488 e. The highest BCUT2D eigenvalue weighted by Crippen LogP contribution is 2.28. The van der Waals surface area contributed by atoms with Crippen LogP contribution in [0.5, 0.6) is 5.75 Å². The number of nitrogens with one attached hydrogen (secondary N) is 2. The summed E-state index contributed by atoms with van der Waals surface area (Å²) in [6.45, 7) is 3.99.